The second-order valence-corrected chi connectivity index (χ2v) is 6.25. The highest BCUT2D eigenvalue weighted by molar-refractivity contribution is 5.53. The molecule has 1 aromatic rings. The molecule has 0 saturated heterocycles. The van der Waals surface area contributed by atoms with Gasteiger partial charge in [0.25, 0.3) is 0 Å². The molecule has 1 aliphatic rings. The zero-order chi connectivity index (χ0) is 14.4. The Morgan fingerprint density at radius 1 is 1.35 bits per heavy atom. The molecule has 0 aromatic heterocycles. The monoisotopic (exact) mass is 276 g/mol. The number of fused-ring (bicyclic) bond motifs is 1. The highest BCUT2D eigenvalue weighted by Gasteiger charge is 2.20. The number of nitrogens with zero attached hydrogens (tertiary/aromatic N) is 1. The van der Waals surface area contributed by atoms with Crippen molar-refractivity contribution < 1.29 is 4.74 Å². The number of methoxy groups -OCH3 is 1. The van der Waals surface area contributed by atoms with Crippen LogP contribution in [0.5, 0.6) is 0 Å². The summed E-state index contributed by atoms with van der Waals surface area (Å²) < 4.78 is 5.24. The van der Waals surface area contributed by atoms with Gasteiger partial charge in [0.2, 0.25) is 0 Å². The van der Waals surface area contributed by atoms with E-state index < -0.39 is 0 Å². The predicted molar refractivity (Wildman–Crippen MR) is 85.3 cm³/mol. The van der Waals surface area contributed by atoms with Gasteiger partial charge in [0.15, 0.2) is 0 Å². The quantitative estimate of drug-likeness (QED) is 0.829. The van der Waals surface area contributed by atoms with Crippen molar-refractivity contribution >= 4 is 5.69 Å². The summed E-state index contributed by atoms with van der Waals surface area (Å²) in [5.74, 6) is 1.40. The van der Waals surface area contributed by atoms with E-state index in [0.29, 0.717) is 11.8 Å². The van der Waals surface area contributed by atoms with Crippen LogP contribution < -0.4 is 5.32 Å². The maximum Gasteiger partial charge on any atom is 0.0589 e. The van der Waals surface area contributed by atoms with Gasteiger partial charge < -0.3 is 15.0 Å². The van der Waals surface area contributed by atoms with Crippen LogP contribution in [0.3, 0.4) is 0 Å². The summed E-state index contributed by atoms with van der Waals surface area (Å²) in [5, 5.41) is 3.57. The van der Waals surface area contributed by atoms with Gasteiger partial charge in [-0.25, -0.2) is 0 Å². The average molecular weight is 276 g/mol. The maximum absolute atomic E-state index is 5.24. The Morgan fingerprint density at radius 3 is 2.90 bits per heavy atom. The Labute approximate surface area is 123 Å². The van der Waals surface area contributed by atoms with Crippen molar-refractivity contribution in [3.05, 3.63) is 29.8 Å². The van der Waals surface area contributed by atoms with Crippen LogP contribution in [-0.2, 0) is 11.2 Å². The van der Waals surface area contributed by atoms with E-state index in [1.807, 2.05) is 0 Å². The number of nitrogens with one attached hydrogen (secondary N) is 1. The van der Waals surface area contributed by atoms with Gasteiger partial charge in [0, 0.05) is 39.0 Å². The maximum atomic E-state index is 5.24. The Kier molecular flexibility index (Phi) is 5.86. The standard InChI is InChI=1S/C17H28N2O/c1-14(2)12-19(8-9-20-3)13-15-10-16-6-4-5-7-17(16)18-11-15/h4-7,14-15,18H,8-13H2,1-3H3. The van der Waals surface area contributed by atoms with Crippen molar-refractivity contribution in [1.29, 1.82) is 0 Å². The number of hydrogen-bond acceptors (Lipinski definition) is 3. The first-order chi connectivity index (χ1) is 9.69. The first-order valence-electron chi connectivity index (χ1n) is 7.72. The fraction of sp³-hybridized carbons (Fsp3) is 0.647. The molecule has 0 fully saturated rings. The van der Waals surface area contributed by atoms with Crippen LogP contribution in [0.4, 0.5) is 5.69 Å². The highest BCUT2D eigenvalue weighted by atomic mass is 16.5. The van der Waals surface area contributed by atoms with Gasteiger partial charge >= 0.3 is 0 Å². The molecule has 0 radical (unpaired) electrons. The van der Waals surface area contributed by atoms with E-state index in [1.165, 1.54) is 17.7 Å². The Morgan fingerprint density at radius 2 is 2.15 bits per heavy atom. The lowest BCUT2D eigenvalue weighted by Crippen LogP contribution is -2.39. The number of benzene rings is 1. The van der Waals surface area contributed by atoms with Crippen molar-refractivity contribution in [3.8, 4) is 0 Å². The van der Waals surface area contributed by atoms with Crippen molar-refractivity contribution in [2.24, 2.45) is 11.8 Å². The molecule has 3 heteroatoms. The number of rotatable bonds is 7. The Balaban J connectivity index is 1.91. The summed E-state index contributed by atoms with van der Waals surface area (Å²) in [6.07, 6.45) is 1.19. The van der Waals surface area contributed by atoms with Gasteiger partial charge in [-0.2, -0.15) is 0 Å². The second-order valence-electron chi connectivity index (χ2n) is 6.25. The molecular formula is C17H28N2O. The Hall–Kier alpha value is -1.06. The lowest BCUT2D eigenvalue weighted by atomic mass is 9.93. The van der Waals surface area contributed by atoms with E-state index in [0.717, 1.165) is 32.8 Å². The molecule has 0 spiro atoms. The van der Waals surface area contributed by atoms with Gasteiger partial charge in [-0.1, -0.05) is 32.0 Å². The van der Waals surface area contributed by atoms with Gasteiger partial charge in [0.1, 0.15) is 0 Å². The first kappa shape index (κ1) is 15.3. The van der Waals surface area contributed by atoms with Gasteiger partial charge in [-0.3, -0.25) is 0 Å². The van der Waals surface area contributed by atoms with Crippen LogP contribution in [-0.4, -0.2) is 44.8 Å². The fourth-order valence-electron chi connectivity index (χ4n) is 3.00. The van der Waals surface area contributed by atoms with Crippen LogP contribution >= 0.6 is 0 Å². The van der Waals surface area contributed by atoms with Crippen LogP contribution in [0.15, 0.2) is 24.3 Å². The Bertz CT molecular complexity index is 406. The van der Waals surface area contributed by atoms with Crippen LogP contribution in [0.1, 0.15) is 19.4 Å². The molecule has 2 rings (SSSR count). The molecule has 1 heterocycles. The number of para-hydroxylation sites is 1. The summed E-state index contributed by atoms with van der Waals surface area (Å²) in [6.45, 7) is 9.82. The summed E-state index contributed by atoms with van der Waals surface area (Å²) in [6, 6.07) is 8.67. The van der Waals surface area contributed by atoms with E-state index in [1.54, 1.807) is 7.11 Å². The molecule has 3 nitrogen and oxygen atoms in total. The van der Waals surface area contributed by atoms with Crippen molar-refractivity contribution in [2.75, 3.05) is 45.2 Å². The summed E-state index contributed by atoms with van der Waals surface area (Å²) >= 11 is 0. The highest BCUT2D eigenvalue weighted by Crippen LogP contribution is 2.24. The lowest BCUT2D eigenvalue weighted by molar-refractivity contribution is 0.129. The van der Waals surface area contributed by atoms with Gasteiger partial charge in [-0.15, -0.1) is 0 Å². The number of hydrogen-bond donors (Lipinski definition) is 1. The molecule has 112 valence electrons. The molecule has 1 aromatic carbocycles. The van der Waals surface area contributed by atoms with Crippen molar-refractivity contribution in [2.45, 2.75) is 20.3 Å². The SMILES string of the molecule is COCCN(CC(C)C)CC1CNc2ccccc2C1. The molecule has 0 amide bonds. The normalized spacial score (nSPS) is 18.1. The van der Waals surface area contributed by atoms with Crippen molar-refractivity contribution in [1.82, 2.24) is 4.90 Å². The van der Waals surface area contributed by atoms with E-state index in [4.69, 9.17) is 4.74 Å². The second kappa shape index (κ2) is 7.65. The third-order valence-electron chi connectivity index (χ3n) is 3.86. The molecule has 1 aliphatic heterocycles. The van der Waals surface area contributed by atoms with E-state index in [9.17, 15) is 0 Å². The number of anilines is 1. The van der Waals surface area contributed by atoms with Crippen molar-refractivity contribution in [3.63, 3.8) is 0 Å². The van der Waals surface area contributed by atoms with Gasteiger partial charge in [-0.05, 0) is 29.9 Å². The largest absolute Gasteiger partial charge is 0.384 e. The minimum atomic E-state index is 0.695. The summed E-state index contributed by atoms with van der Waals surface area (Å²) in [4.78, 5) is 2.55. The van der Waals surface area contributed by atoms with Crippen LogP contribution in [0.25, 0.3) is 0 Å². The zero-order valence-corrected chi connectivity index (χ0v) is 13.1. The fourth-order valence-corrected chi connectivity index (χ4v) is 3.00. The minimum absolute atomic E-state index is 0.695. The molecule has 1 unspecified atom stereocenters. The molecule has 1 atom stereocenters. The smallest absolute Gasteiger partial charge is 0.0589 e. The van der Waals surface area contributed by atoms with E-state index in [2.05, 4.69) is 48.3 Å². The van der Waals surface area contributed by atoms with Crippen LogP contribution in [0, 0.1) is 11.8 Å². The summed E-state index contributed by atoms with van der Waals surface area (Å²) in [7, 11) is 1.78. The van der Waals surface area contributed by atoms with E-state index >= 15 is 0 Å². The minimum Gasteiger partial charge on any atom is -0.384 e. The predicted octanol–water partition coefficient (Wildman–Crippen LogP) is 2.88. The molecular weight excluding hydrogens is 248 g/mol. The zero-order valence-electron chi connectivity index (χ0n) is 13.1. The third kappa shape index (κ3) is 4.50. The molecule has 0 bridgehead atoms. The molecule has 20 heavy (non-hydrogen) atoms. The lowest BCUT2D eigenvalue weighted by Gasteiger charge is -2.32. The molecule has 0 saturated carbocycles. The third-order valence-corrected chi connectivity index (χ3v) is 3.86. The van der Waals surface area contributed by atoms with Gasteiger partial charge in [0.05, 0.1) is 6.61 Å². The van der Waals surface area contributed by atoms with E-state index in [-0.39, 0.29) is 0 Å². The molecule has 1 N–H and O–H groups in total. The summed E-state index contributed by atoms with van der Waals surface area (Å²) in [5.41, 5.74) is 2.77. The molecule has 0 aliphatic carbocycles. The topological polar surface area (TPSA) is 24.5 Å². The first-order valence-corrected chi connectivity index (χ1v) is 7.72. The number of ether oxygens (including phenoxy) is 1. The van der Waals surface area contributed by atoms with Crippen LogP contribution in [0.2, 0.25) is 0 Å². The average Bonchev–Trinajstić information content (AvgIpc) is 2.44.